The van der Waals surface area contributed by atoms with E-state index in [0.717, 1.165) is 54.0 Å². The summed E-state index contributed by atoms with van der Waals surface area (Å²) in [6.45, 7) is 12.8. The van der Waals surface area contributed by atoms with Crippen LogP contribution in [0.4, 0.5) is 0 Å². The Morgan fingerprint density at radius 1 is 1.21 bits per heavy atom. The van der Waals surface area contributed by atoms with Gasteiger partial charge in [0.25, 0.3) is 5.56 Å². The van der Waals surface area contributed by atoms with E-state index in [9.17, 15) is 14.7 Å². The molecule has 0 aliphatic carbocycles. The second-order valence-electron chi connectivity index (χ2n) is 12.1. The van der Waals surface area contributed by atoms with Crippen molar-refractivity contribution in [2.24, 2.45) is 18.9 Å². The summed E-state index contributed by atoms with van der Waals surface area (Å²) in [6, 6.07) is 8.39. The minimum absolute atomic E-state index is 0.0150. The van der Waals surface area contributed by atoms with E-state index < -0.39 is 17.6 Å². The molecular formula is C31H43N3O5. The van der Waals surface area contributed by atoms with Crippen LogP contribution in [0.5, 0.6) is 0 Å². The van der Waals surface area contributed by atoms with Crippen molar-refractivity contribution >= 4 is 17.0 Å². The quantitative estimate of drug-likeness (QED) is 0.408. The third-order valence-corrected chi connectivity index (χ3v) is 7.77. The van der Waals surface area contributed by atoms with E-state index in [-0.39, 0.29) is 17.6 Å². The number of carbonyl (C=O) groups excluding carboxylic acids is 1. The SMILES string of the molecule is Cc1cc(-c2nc3cc(CC[C@H](C(=O)OC(C)(C)C)[C@@H](C)O)ccc3n2C(C)C2CCOCC2)cn(C)c1=O. The molecule has 0 saturated carbocycles. The number of aliphatic hydroxyl groups is 1. The fourth-order valence-electron chi connectivity index (χ4n) is 5.58. The number of nitrogens with zero attached hydrogens (tertiary/aromatic N) is 3. The molecule has 1 aliphatic heterocycles. The normalized spacial score (nSPS) is 17.2. The third kappa shape index (κ3) is 6.61. The summed E-state index contributed by atoms with van der Waals surface area (Å²) in [5.41, 5.74) is 3.93. The second-order valence-corrected chi connectivity index (χ2v) is 12.1. The van der Waals surface area contributed by atoms with Crippen LogP contribution in [0.3, 0.4) is 0 Å². The van der Waals surface area contributed by atoms with Gasteiger partial charge >= 0.3 is 5.97 Å². The zero-order chi connectivity index (χ0) is 28.5. The zero-order valence-corrected chi connectivity index (χ0v) is 24.4. The van der Waals surface area contributed by atoms with Crippen molar-refractivity contribution in [3.63, 3.8) is 0 Å². The molecule has 39 heavy (non-hydrogen) atoms. The highest BCUT2D eigenvalue weighted by atomic mass is 16.6. The van der Waals surface area contributed by atoms with Crippen LogP contribution >= 0.6 is 0 Å². The number of carbonyl (C=O) groups is 1. The maximum Gasteiger partial charge on any atom is 0.312 e. The summed E-state index contributed by atoms with van der Waals surface area (Å²) in [7, 11) is 1.77. The summed E-state index contributed by atoms with van der Waals surface area (Å²) in [5.74, 6) is 0.329. The number of aromatic nitrogens is 3. The average Bonchev–Trinajstić information content (AvgIpc) is 3.24. The minimum Gasteiger partial charge on any atom is -0.460 e. The van der Waals surface area contributed by atoms with Crippen molar-refractivity contribution < 1.29 is 19.4 Å². The Morgan fingerprint density at radius 2 is 1.90 bits per heavy atom. The fraction of sp³-hybridized carbons (Fsp3) is 0.581. The van der Waals surface area contributed by atoms with Crippen molar-refractivity contribution in [3.05, 3.63) is 51.9 Å². The Balaban J connectivity index is 1.70. The molecule has 0 bridgehead atoms. The Hall–Kier alpha value is -2.97. The summed E-state index contributed by atoms with van der Waals surface area (Å²) in [4.78, 5) is 30.2. The highest BCUT2D eigenvalue weighted by molar-refractivity contribution is 5.81. The standard InChI is InChI=1S/C31H43N3O5/c1-19-16-24(18-33(7)29(19)36)28-32-26-17-22(8-10-25(21(3)35)30(37)39-31(4,5)6)9-11-27(26)34(28)20(2)23-12-14-38-15-13-23/h9,11,16-18,20-21,23,25,35H,8,10,12-15H2,1-7H3/t20?,21-,25+/m1/s1. The molecule has 3 aromatic rings. The smallest absolute Gasteiger partial charge is 0.312 e. The van der Waals surface area contributed by atoms with Crippen molar-refractivity contribution in [2.45, 2.75) is 85.0 Å². The molecule has 3 atom stereocenters. The number of hydrogen-bond acceptors (Lipinski definition) is 6. The summed E-state index contributed by atoms with van der Waals surface area (Å²) in [6.07, 6.45) is 4.14. The van der Waals surface area contributed by atoms with E-state index in [1.54, 1.807) is 18.5 Å². The number of rotatable bonds is 8. The van der Waals surface area contributed by atoms with Crippen LogP contribution in [-0.2, 0) is 27.7 Å². The molecule has 4 rings (SSSR count). The molecule has 2 aromatic heterocycles. The van der Waals surface area contributed by atoms with Gasteiger partial charge in [0.1, 0.15) is 11.4 Å². The molecule has 212 valence electrons. The van der Waals surface area contributed by atoms with Crippen LogP contribution in [-0.4, -0.2) is 50.1 Å². The lowest BCUT2D eigenvalue weighted by Gasteiger charge is -2.30. The van der Waals surface area contributed by atoms with Gasteiger partial charge in [-0.25, -0.2) is 4.98 Å². The molecule has 1 saturated heterocycles. The third-order valence-electron chi connectivity index (χ3n) is 7.77. The van der Waals surface area contributed by atoms with Gasteiger partial charge in [0.15, 0.2) is 0 Å². The van der Waals surface area contributed by atoms with Crippen LogP contribution in [0.1, 0.15) is 71.0 Å². The first-order valence-corrected chi connectivity index (χ1v) is 14.0. The Bertz CT molecular complexity index is 1350. The lowest BCUT2D eigenvalue weighted by Crippen LogP contribution is -2.34. The Labute approximate surface area is 231 Å². The largest absolute Gasteiger partial charge is 0.460 e. The van der Waals surface area contributed by atoms with Crippen molar-refractivity contribution in [1.29, 1.82) is 0 Å². The number of fused-ring (bicyclic) bond motifs is 1. The second kappa shape index (κ2) is 11.6. The van der Waals surface area contributed by atoms with Gasteiger partial charge in [0.05, 0.1) is 23.1 Å². The van der Waals surface area contributed by atoms with Crippen molar-refractivity contribution in [1.82, 2.24) is 14.1 Å². The molecular weight excluding hydrogens is 494 g/mol. The highest BCUT2D eigenvalue weighted by Gasteiger charge is 2.29. The molecule has 1 fully saturated rings. The molecule has 1 aromatic carbocycles. The first-order chi connectivity index (χ1) is 18.4. The maximum atomic E-state index is 12.7. The fourth-order valence-corrected chi connectivity index (χ4v) is 5.58. The lowest BCUT2D eigenvalue weighted by atomic mass is 9.92. The lowest BCUT2D eigenvalue weighted by molar-refractivity contribution is -0.163. The number of benzene rings is 1. The number of imidazole rings is 1. The molecule has 8 heteroatoms. The van der Waals surface area contributed by atoms with Gasteiger partial charge in [-0.05, 0) is 96.9 Å². The highest BCUT2D eigenvalue weighted by Crippen LogP contribution is 2.35. The maximum absolute atomic E-state index is 12.7. The van der Waals surface area contributed by atoms with Gasteiger partial charge in [0, 0.05) is 43.6 Å². The van der Waals surface area contributed by atoms with Gasteiger partial charge in [0.2, 0.25) is 0 Å². The van der Waals surface area contributed by atoms with Crippen LogP contribution in [0.25, 0.3) is 22.4 Å². The zero-order valence-electron chi connectivity index (χ0n) is 24.4. The van der Waals surface area contributed by atoms with E-state index in [4.69, 9.17) is 14.5 Å². The van der Waals surface area contributed by atoms with Gasteiger partial charge in [-0.15, -0.1) is 0 Å². The predicted octanol–water partition coefficient (Wildman–Crippen LogP) is 4.97. The van der Waals surface area contributed by atoms with Crippen LogP contribution < -0.4 is 5.56 Å². The minimum atomic E-state index is -0.803. The Kier molecular flexibility index (Phi) is 8.66. The molecule has 0 spiro atoms. The number of esters is 1. The van der Waals surface area contributed by atoms with Gasteiger partial charge in [-0.1, -0.05) is 6.07 Å². The topological polar surface area (TPSA) is 95.6 Å². The first-order valence-electron chi connectivity index (χ1n) is 14.0. The Morgan fingerprint density at radius 3 is 2.51 bits per heavy atom. The summed E-state index contributed by atoms with van der Waals surface area (Å²) >= 11 is 0. The van der Waals surface area contributed by atoms with E-state index in [1.807, 2.05) is 40.0 Å². The van der Waals surface area contributed by atoms with Crippen molar-refractivity contribution in [2.75, 3.05) is 13.2 Å². The number of aryl methyl sites for hydroxylation is 3. The molecule has 3 heterocycles. The van der Waals surface area contributed by atoms with Crippen molar-refractivity contribution in [3.8, 4) is 11.4 Å². The van der Waals surface area contributed by atoms with Crippen LogP contribution in [0, 0.1) is 18.8 Å². The average molecular weight is 538 g/mol. The molecule has 8 nitrogen and oxygen atoms in total. The van der Waals surface area contributed by atoms with E-state index in [0.29, 0.717) is 24.3 Å². The number of hydrogen-bond donors (Lipinski definition) is 1. The molecule has 1 N–H and O–H groups in total. The van der Waals surface area contributed by atoms with E-state index in [2.05, 4.69) is 29.7 Å². The number of aliphatic hydroxyl groups excluding tert-OH is 1. The summed E-state index contributed by atoms with van der Waals surface area (Å²) in [5, 5.41) is 10.3. The van der Waals surface area contributed by atoms with E-state index >= 15 is 0 Å². The van der Waals surface area contributed by atoms with Gasteiger partial charge in [-0.3, -0.25) is 9.59 Å². The van der Waals surface area contributed by atoms with Gasteiger partial charge in [-0.2, -0.15) is 0 Å². The molecule has 1 aliphatic rings. The monoisotopic (exact) mass is 537 g/mol. The van der Waals surface area contributed by atoms with E-state index in [1.165, 1.54) is 0 Å². The van der Waals surface area contributed by atoms with Crippen LogP contribution in [0.15, 0.2) is 35.3 Å². The molecule has 0 amide bonds. The molecule has 1 unspecified atom stereocenters. The molecule has 0 radical (unpaired) electrons. The van der Waals surface area contributed by atoms with Gasteiger partial charge < -0.3 is 23.7 Å². The van der Waals surface area contributed by atoms with Crippen LogP contribution in [0.2, 0.25) is 0 Å². The number of ether oxygens (including phenoxy) is 2. The summed E-state index contributed by atoms with van der Waals surface area (Å²) < 4.78 is 15.1. The first kappa shape index (κ1) is 29.0. The number of pyridine rings is 1. The predicted molar refractivity (Wildman–Crippen MR) is 153 cm³/mol.